The largest absolute Gasteiger partial charge is 0.497 e. The van der Waals surface area contributed by atoms with E-state index in [1.165, 1.54) is 0 Å². The molecule has 10 heteroatoms. The Labute approximate surface area is 191 Å². The number of ether oxygens (including phenoxy) is 1. The van der Waals surface area contributed by atoms with Crippen molar-refractivity contribution in [3.8, 4) is 11.3 Å². The van der Waals surface area contributed by atoms with E-state index in [9.17, 15) is 0 Å². The highest BCUT2D eigenvalue weighted by molar-refractivity contribution is 6.76. The molecule has 1 saturated heterocycles. The molecular formula is C22H34BN5O3Si. The van der Waals surface area contributed by atoms with Crippen molar-refractivity contribution in [1.29, 1.82) is 0 Å². The first-order valence-electron chi connectivity index (χ1n) is 11.2. The molecule has 0 saturated carbocycles. The third-order valence-corrected chi connectivity index (χ3v) is 8.13. The monoisotopic (exact) mass is 455 g/mol. The van der Waals surface area contributed by atoms with E-state index in [4.69, 9.17) is 14.0 Å². The van der Waals surface area contributed by atoms with Gasteiger partial charge in [0, 0.05) is 38.1 Å². The third-order valence-electron chi connectivity index (χ3n) is 6.43. The minimum atomic E-state index is -1.16. The molecular weight excluding hydrogens is 421 g/mol. The van der Waals surface area contributed by atoms with Gasteiger partial charge in [0.1, 0.15) is 12.4 Å². The zero-order chi connectivity index (χ0) is 23.3. The van der Waals surface area contributed by atoms with Crippen LogP contribution in [-0.2, 0) is 27.8 Å². The zero-order valence-corrected chi connectivity index (χ0v) is 21.5. The van der Waals surface area contributed by atoms with Crippen LogP contribution < -0.4 is 5.46 Å². The predicted molar refractivity (Wildman–Crippen MR) is 130 cm³/mol. The Hall–Kier alpha value is -2.01. The van der Waals surface area contributed by atoms with Gasteiger partial charge < -0.3 is 14.0 Å². The summed E-state index contributed by atoms with van der Waals surface area (Å²) in [6.45, 7) is 16.4. The van der Waals surface area contributed by atoms with E-state index in [-0.39, 0.29) is 0 Å². The topological polar surface area (TPSA) is 76.2 Å². The Bertz CT molecular complexity index is 1100. The molecule has 0 spiro atoms. The summed E-state index contributed by atoms with van der Waals surface area (Å²) in [5, 5.41) is 14.0. The molecule has 1 aliphatic heterocycles. The Morgan fingerprint density at radius 2 is 1.78 bits per heavy atom. The fraction of sp³-hybridized carbons (Fsp3) is 0.591. The number of aryl methyl sites for hydroxylation is 1. The lowest BCUT2D eigenvalue weighted by atomic mass is 9.77. The van der Waals surface area contributed by atoms with Crippen LogP contribution in [0.3, 0.4) is 0 Å². The van der Waals surface area contributed by atoms with Crippen LogP contribution in [-0.4, -0.2) is 57.8 Å². The van der Waals surface area contributed by atoms with Crippen molar-refractivity contribution in [3.63, 3.8) is 0 Å². The van der Waals surface area contributed by atoms with Gasteiger partial charge in [-0.1, -0.05) is 37.0 Å². The van der Waals surface area contributed by atoms with Gasteiger partial charge in [0.05, 0.1) is 29.1 Å². The normalized spacial score (nSPS) is 18.1. The van der Waals surface area contributed by atoms with Gasteiger partial charge in [-0.2, -0.15) is 5.10 Å². The van der Waals surface area contributed by atoms with Crippen molar-refractivity contribution in [1.82, 2.24) is 24.8 Å². The van der Waals surface area contributed by atoms with Gasteiger partial charge in [0.25, 0.3) is 0 Å². The van der Waals surface area contributed by atoms with Crippen LogP contribution in [0.4, 0.5) is 0 Å². The van der Waals surface area contributed by atoms with E-state index in [1.54, 1.807) is 4.68 Å². The average molecular weight is 455 g/mol. The van der Waals surface area contributed by atoms with Crippen molar-refractivity contribution in [2.24, 2.45) is 7.05 Å². The number of hydrogen-bond donors (Lipinski definition) is 0. The maximum Gasteiger partial charge on any atom is 0.497 e. The van der Waals surface area contributed by atoms with E-state index in [0.717, 1.165) is 40.3 Å². The van der Waals surface area contributed by atoms with Crippen LogP contribution in [0.5, 0.6) is 0 Å². The quantitative estimate of drug-likeness (QED) is 0.401. The fourth-order valence-electron chi connectivity index (χ4n) is 3.71. The molecule has 0 atom stereocenters. The molecule has 0 unspecified atom stereocenters. The minimum absolute atomic E-state index is 0.379. The summed E-state index contributed by atoms with van der Waals surface area (Å²) < 4.78 is 22.4. The van der Waals surface area contributed by atoms with Gasteiger partial charge in [-0.3, -0.25) is 4.68 Å². The van der Waals surface area contributed by atoms with E-state index in [0.29, 0.717) is 6.73 Å². The second-order valence-corrected chi connectivity index (χ2v) is 16.4. The average Bonchev–Trinajstić information content (AvgIpc) is 3.34. The standard InChI is InChI=1S/C22H34BN5O3Si/c1-21(2)22(3,4)31-23(30-21)18-10-9-16(19-14-27(5)26-25-19)17-13-24-28(20(17)18)15-29-11-12-32(6,7)8/h9-10,13-14H,11-12,15H2,1-8H3. The third kappa shape index (κ3) is 4.41. The van der Waals surface area contributed by atoms with Crippen molar-refractivity contribution in [2.75, 3.05) is 6.61 Å². The maximum absolute atomic E-state index is 6.37. The molecule has 0 amide bonds. The molecule has 4 rings (SSSR count). The smallest absolute Gasteiger partial charge is 0.399 e. The Balaban J connectivity index is 1.73. The Kier molecular flexibility index (Phi) is 5.85. The number of fused-ring (bicyclic) bond motifs is 1. The van der Waals surface area contributed by atoms with Gasteiger partial charge in [-0.05, 0) is 33.7 Å². The van der Waals surface area contributed by atoms with Crippen LogP contribution in [0.15, 0.2) is 24.5 Å². The maximum atomic E-state index is 6.37. The number of rotatable bonds is 7. The van der Waals surface area contributed by atoms with Crippen molar-refractivity contribution in [2.45, 2.75) is 71.3 Å². The van der Waals surface area contributed by atoms with Crippen molar-refractivity contribution < 1.29 is 14.0 Å². The molecule has 32 heavy (non-hydrogen) atoms. The number of hydrogen-bond acceptors (Lipinski definition) is 6. The second kappa shape index (κ2) is 8.09. The lowest BCUT2D eigenvalue weighted by Gasteiger charge is -2.32. The van der Waals surface area contributed by atoms with Crippen LogP contribution in [0, 0.1) is 0 Å². The second-order valence-electron chi connectivity index (χ2n) is 10.8. The highest BCUT2D eigenvalue weighted by Crippen LogP contribution is 2.37. The summed E-state index contributed by atoms with van der Waals surface area (Å²) in [7, 11) is 0.213. The Morgan fingerprint density at radius 1 is 1.09 bits per heavy atom. The SMILES string of the molecule is Cn1cc(-c2ccc(B3OC(C)(C)C(C)(C)O3)c3c2cnn3COCC[Si](C)(C)C)nn1. The van der Waals surface area contributed by atoms with Gasteiger partial charge in [0.2, 0.25) is 0 Å². The first-order chi connectivity index (χ1) is 14.9. The molecule has 8 nitrogen and oxygen atoms in total. The predicted octanol–water partition coefficient (Wildman–Crippen LogP) is 3.44. The fourth-order valence-corrected chi connectivity index (χ4v) is 4.47. The summed E-state index contributed by atoms with van der Waals surface area (Å²) in [5.41, 5.74) is 2.81. The van der Waals surface area contributed by atoms with Crippen molar-refractivity contribution >= 4 is 31.6 Å². The summed E-state index contributed by atoms with van der Waals surface area (Å²) in [5.74, 6) is 0. The number of nitrogens with zero attached hydrogens (tertiary/aromatic N) is 5. The van der Waals surface area contributed by atoms with E-state index in [2.05, 4.69) is 68.8 Å². The van der Waals surface area contributed by atoms with Crippen LogP contribution in [0.2, 0.25) is 25.7 Å². The first kappa shape index (κ1) is 23.2. The number of aromatic nitrogens is 5. The van der Waals surface area contributed by atoms with Gasteiger partial charge in [-0.25, -0.2) is 4.68 Å². The first-order valence-corrected chi connectivity index (χ1v) is 14.9. The van der Waals surface area contributed by atoms with E-state index in [1.807, 2.05) is 30.2 Å². The molecule has 0 N–H and O–H groups in total. The molecule has 0 radical (unpaired) electrons. The summed E-state index contributed by atoms with van der Waals surface area (Å²) in [4.78, 5) is 0. The zero-order valence-electron chi connectivity index (χ0n) is 20.5. The van der Waals surface area contributed by atoms with E-state index >= 15 is 0 Å². The molecule has 1 fully saturated rings. The lowest BCUT2D eigenvalue weighted by Crippen LogP contribution is -2.41. The van der Waals surface area contributed by atoms with Crippen LogP contribution in [0.25, 0.3) is 22.2 Å². The van der Waals surface area contributed by atoms with Gasteiger partial charge in [-0.15, -0.1) is 5.10 Å². The van der Waals surface area contributed by atoms with Gasteiger partial charge >= 0.3 is 7.12 Å². The summed E-state index contributed by atoms with van der Waals surface area (Å²) in [6, 6.07) is 5.21. The molecule has 0 bridgehead atoms. The van der Waals surface area contributed by atoms with Crippen LogP contribution >= 0.6 is 0 Å². The molecule has 3 aromatic rings. The summed E-state index contributed by atoms with van der Waals surface area (Å²) >= 11 is 0. The van der Waals surface area contributed by atoms with Crippen LogP contribution in [0.1, 0.15) is 27.7 Å². The number of benzene rings is 1. The van der Waals surface area contributed by atoms with E-state index < -0.39 is 26.4 Å². The molecule has 2 aromatic heterocycles. The lowest BCUT2D eigenvalue weighted by molar-refractivity contribution is 0.00578. The molecule has 172 valence electrons. The summed E-state index contributed by atoms with van der Waals surface area (Å²) in [6.07, 6.45) is 3.78. The Morgan fingerprint density at radius 3 is 2.38 bits per heavy atom. The molecule has 1 aliphatic rings. The highest BCUT2D eigenvalue weighted by Gasteiger charge is 2.52. The minimum Gasteiger partial charge on any atom is -0.399 e. The molecule has 0 aliphatic carbocycles. The van der Waals surface area contributed by atoms with Crippen molar-refractivity contribution in [3.05, 3.63) is 24.5 Å². The highest BCUT2D eigenvalue weighted by atomic mass is 28.3. The van der Waals surface area contributed by atoms with Gasteiger partial charge in [0.15, 0.2) is 0 Å². The molecule has 3 heterocycles. The molecule has 1 aromatic carbocycles.